The first kappa shape index (κ1) is 12.9. The number of hydrogen-bond donors (Lipinski definition) is 1. The van der Waals surface area contributed by atoms with Gasteiger partial charge < -0.3 is 10.2 Å². The maximum absolute atomic E-state index is 4.64. The van der Waals surface area contributed by atoms with Crippen LogP contribution in [-0.2, 0) is 0 Å². The molecule has 0 aliphatic carbocycles. The molecular weight excluding hydrogens is 254 g/mol. The Balaban J connectivity index is 1.81. The minimum absolute atomic E-state index is 0.601. The summed E-state index contributed by atoms with van der Waals surface area (Å²) in [7, 11) is 0. The summed E-state index contributed by atoms with van der Waals surface area (Å²) in [6, 6.07) is 4.92. The fraction of sp³-hybridized carbons (Fsp3) is 0.533. The van der Waals surface area contributed by atoms with Crippen molar-refractivity contribution in [3.8, 4) is 0 Å². The second kappa shape index (κ2) is 5.88. The van der Waals surface area contributed by atoms with Gasteiger partial charge in [0.25, 0.3) is 0 Å². The maximum atomic E-state index is 4.64. The molecule has 2 aromatic rings. The number of thiophene rings is 1. The molecular formula is C15H21N3S. The van der Waals surface area contributed by atoms with E-state index in [1.54, 1.807) is 11.3 Å². The van der Waals surface area contributed by atoms with Crippen molar-refractivity contribution in [2.45, 2.75) is 32.2 Å². The number of nitrogens with one attached hydrogen (secondary N) is 1. The van der Waals surface area contributed by atoms with E-state index in [0.717, 1.165) is 19.6 Å². The molecule has 0 amide bonds. The van der Waals surface area contributed by atoms with E-state index < -0.39 is 0 Å². The highest BCUT2D eigenvalue weighted by atomic mass is 32.1. The summed E-state index contributed by atoms with van der Waals surface area (Å²) < 4.78 is 1.34. The standard InChI is InChI=1S/C15H21N3S/c1-2-7-16-11-12-4-3-9-18(12)15-13-6-10-19-14(13)5-8-17-15/h5-6,8,10,12,16H,2-4,7,9,11H2,1H3. The van der Waals surface area contributed by atoms with Crippen LogP contribution in [0, 0.1) is 0 Å². The molecule has 1 aliphatic heterocycles. The predicted molar refractivity (Wildman–Crippen MR) is 83.1 cm³/mol. The molecule has 3 rings (SSSR count). The molecule has 1 fully saturated rings. The van der Waals surface area contributed by atoms with Crippen molar-refractivity contribution in [2.24, 2.45) is 0 Å². The molecule has 3 nitrogen and oxygen atoms in total. The molecule has 1 unspecified atom stereocenters. The van der Waals surface area contributed by atoms with E-state index in [4.69, 9.17) is 0 Å². The third kappa shape index (κ3) is 2.60. The Hall–Kier alpha value is -1.13. The fourth-order valence-electron chi connectivity index (χ4n) is 2.88. The summed E-state index contributed by atoms with van der Waals surface area (Å²) in [5.41, 5.74) is 0. The summed E-state index contributed by atoms with van der Waals surface area (Å²) in [4.78, 5) is 7.14. The molecule has 2 aromatic heterocycles. The lowest BCUT2D eigenvalue weighted by atomic mass is 10.2. The van der Waals surface area contributed by atoms with Crippen LogP contribution in [0.4, 0.5) is 5.82 Å². The molecule has 1 N–H and O–H groups in total. The molecule has 1 saturated heterocycles. The van der Waals surface area contributed by atoms with Crippen LogP contribution in [-0.4, -0.2) is 30.7 Å². The molecule has 0 radical (unpaired) electrons. The van der Waals surface area contributed by atoms with Crippen LogP contribution in [0.2, 0.25) is 0 Å². The second-order valence-electron chi connectivity index (χ2n) is 5.16. The molecule has 0 bridgehead atoms. The Kier molecular flexibility index (Phi) is 3.99. The first-order valence-electron chi connectivity index (χ1n) is 7.19. The SMILES string of the molecule is CCCNCC1CCCN1c1nccc2sccc12. The van der Waals surface area contributed by atoms with Gasteiger partial charge in [-0.15, -0.1) is 11.3 Å². The highest BCUT2D eigenvalue weighted by Crippen LogP contribution is 2.32. The Morgan fingerprint density at radius 3 is 3.32 bits per heavy atom. The van der Waals surface area contributed by atoms with Gasteiger partial charge in [-0.1, -0.05) is 6.92 Å². The molecule has 4 heteroatoms. The summed E-state index contributed by atoms with van der Waals surface area (Å²) in [5.74, 6) is 1.18. The molecule has 3 heterocycles. The van der Waals surface area contributed by atoms with Gasteiger partial charge in [-0.25, -0.2) is 4.98 Å². The van der Waals surface area contributed by atoms with Crippen molar-refractivity contribution >= 4 is 27.2 Å². The van der Waals surface area contributed by atoms with Crippen LogP contribution in [0.3, 0.4) is 0 Å². The molecule has 1 aliphatic rings. The van der Waals surface area contributed by atoms with Gasteiger partial charge in [-0.05, 0) is 43.3 Å². The Morgan fingerprint density at radius 2 is 2.42 bits per heavy atom. The second-order valence-corrected chi connectivity index (χ2v) is 6.11. The van der Waals surface area contributed by atoms with Crippen LogP contribution < -0.4 is 10.2 Å². The minimum atomic E-state index is 0.601. The molecule has 0 saturated carbocycles. The van der Waals surface area contributed by atoms with E-state index in [-0.39, 0.29) is 0 Å². The number of hydrogen-bond acceptors (Lipinski definition) is 4. The lowest BCUT2D eigenvalue weighted by Crippen LogP contribution is -2.38. The highest BCUT2D eigenvalue weighted by molar-refractivity contribution is 7.17. The Labute approximate surface area is 118 Å². The first-order chi connectivity index (χ1) is 9.40. The van der Waals surface area contributed by atoms with Gasteiger partial charge in [0.05, 0.1) is 0 Å². The monoisotopic (exact) mass is 275 g/mol. The summed E-state index contributed by atoms with van der Waals surface area (Å²) >= 11 is 1.80. The van der Waals surface area contributed by atoms with Gasteiger partial charge in [0.2, 0.25) is 0 Å². The number of pyridine rings is 1. The van der Waals surface area contributed by atoms with Gasteiger partial charge in [0.15, 0.2) is 0 Å². The van der Waals surface area contributed by atoms with Crippen LogP contribution in [0.15, 0.2) is 23.7 Å². The minimum Gasteiger partial charge on any atom is -0.352 e. The predicted octanol–water partition coefficient (Wildman–Crippen LogP) is 3.26. The lowest BCUT2D eigenvalue weighted by molar-refractivity contribution is 0.569. The van der Waals surface area contributed by atoms with Gasteiger partial charge in [0.1, 0.15) is 5.82 Å². The van der Waals surface area contributed by atoms with Crippen molar-refractivity contribution in [1.29, 1.82) is 0 Å². The van der Waals surface area contributed by atoms with Gasteiger partial charge >= 0.3 is 0 Å². The number of anilines is 1. The number of nitrogens with zero attached hydrogens (tertiary/aromatic N) is 2. The maximum Gasteiger partial charge on any atom is 0.137 e. The number of rotatable bonds is 5. The third-order valence-corrected chi connectivity index (χ3v) is 4.70. The van der Waals surface area contributed by atoms with E-state index >= 15 is 0 Å². The average molecular weight is 275 g/mol. The first-order valence-corrected chi connectivity index (χ1v) is 8.07. The molecule has 102 valence electrons. The quantitative estimate of drug-likeness (QED) is 0.849. The van der Waals surface area contributed by atoms with Crippen molar-refractivity contribution in [3.05, 3.63) is 23.7 Å². The van der Waals surface area contributed by atoms with E-state index in [2.05, 4.69) is 39.6 Å². The number of fused-ring (bicyclic) bond motifs is 1. The molecule has 1 atom stereocenters. The van der Waals surface area contributed by atoms with Crippen LogP contribution >= 0.6 is 11.3 Å². The molecule has 19 heavy (non-hydrogen) atoms. The van der Waals surface area contributed by atoms with E-state index in [1.807, 2.05) is 6.20 Å². The van der Waals surface area contributed by atoms with Gasteiger partial charge in [-0.2, -0.15) is 0 Å². The highest BCUT2D eigenvalue weighted by Gasteiger charge is 2.26. The van der Waals surface area contributed by atoms with Gasteiger partial charge in [-0.3, -0.25) is 0 Å². The van der Waals surface area contributed by atoms with Crippen molar-refractivity contribution < 1.29 is 0 Å². The summed E-state index contributed by atoms with van der Waals surface area (Å²) in [6.07, 6.45) is 5.70. The van der Waals surface area contributed by atoms with Crippen LogP contribution in [0.25, 0.3) is 10.1 Å². The van der Waals surface area contributed by atoms with Crippen molar-refractivity contribution in [3.63, 3.8) is 0 Å². The number of aromatic nitrogens is 1. The molecule has 0 spiro atoms. The summed E-state index contributed by atoms with van der Waals surface area (Å²) in [5, 5.41) is 7.03. The van der Waals surface area contributed by atoms with E-state index in [1.165, 1.54) is 35.2 Å². The largest absolute Gasteiger partial charge is 0.352 e. The average Bonchev–Trinajstić information content (AvgIpc) is 3.07. The zero-order valence-corrected chi connectivity index (χ0v) is 12.2. The van der Waals surface area contributed by atoms with E-state index in [0.29, 0.717) is 6.04 Å². The fourth-order valence-corrected chi connectivity index (χ4v) is 3.66. The lowest BCUT2D eigenvalue weighted by Gasteiger charge is -2.26. The van der Waals surface area contributed by atoms with Crippen LogP contribution in [0.5, 0.6) is 0 Å². The Bertz CT molecular complexity index is 537. The topological polar surface area (TPSA) is 28.2 Å². The van der Waals surface area contributed by atoms with Crippen LogP contribution in [0.1, 0.15) is 26.2 Å². The third-order valence-electron chi connectivity index (χ3n) is 3.81. The van der Waals surface area contributed by atoms with E-state index in [9.17, 15) is 0 Å². The van der Waals surface area contributed by atoms with Gasteiger partial charge in [0, 0.05) is 35.4 Å². The zero-order valence-electron chi connectivity index (χ0n) is 11.4. The normalized spacial score (nSPS) is 19.4. The smallest absolute Gasteiger partial charge is 0.137 e. The zero-order chi connectivity index (χ0) is 13.1. The summed E-state index contributed by atoms with van der Waals surface area (Å²) in [6.45, 7) is 5.55. The Morgan fingerprint density at radius 1 is 1.47 bits per heavy atom. The van der Waals surface area contributed by atoms with Crippen molar-refractivity contribution in [2.75, 3.05) is 24.5 Å². The van der Waals surface area contributed by atoms with Crippen molar-refractivity contribution in [1.82, 2.24) is 10.3 Å². The molecule has 0 aromatic carbocycles.